The smallest absolute Gasteiger partial charge is 0.164 e. The Balaban J connectivity index is 1.83. The lowest BCUT2D eigenvalue weighted by atomic mass is 9.92. The number of aromatic nitrogens is 5. The summed E-state index contributed by atoms with van der Waals surface area (Å²) in [5.41, 5.74) is 2.14. The molecule has 0 spiro atoms. The van der Waals surface area contributed by atoms with Crippen LogP contribution in [0.3, 0.4) is 0 Å². The molecule has 0 amide bonds. The minimum atomic E-state index is 0.439. The van der Waals surface area contributed by atoms with Crippen LogP contribution in [0.2, 0.25) is 0 Å². The number of rotatable bonds is 2. The van der Waals surface area contributed by atoms with Crippen LogP contribution in [-0.2, 0) is 4.74 Å². The minimum Gasteiger partial charge on any atom is -0.381 e. The molecule has 1 unspecified atom stereocenters. The van der Waals surface area contributed by atoms with Crippen LogP contribution in [-0.4, -0.2) is 38.2 Å². The maximum Gasteiger partial charge on any atom is 0.164 e. The Morgan fingerprint density at radius 1 is 1.30 bits per heavy atom. The lowest BCUT2D eigenvalue weighted by Crippen LogP contribution is -2.15. The molecule has 1 aliphatic rings. The van der Waals surface area contributed by atoms with E-state index in [4.69, 9.17) is 4.74 Å². The Bertz CT molecular complexity index is 712. The van der Waals surface area contributed by atoms with Gasteiger partial charge in [-0.3, -0.25) is 5.10 Å². The van der Waals surface area contributed by atoms with Crippen LogP contribution < -0.4 is 0 Å². The summed E-state index contributed by atoms with van der Waals surface area (Å²) in [6, 6.07) is 3.96. The van der Waals surface area contributed by atoms with Crippen molar-refractivity contribution in [1.82, 2.24) is 25.0 Å². The summed E-state index contributed by atoms with van der Waals surface area (Å²) < 4.78 is 7.39. The molecule has 1 saturated heterocycles. The molecular formula is C14H15N5O. The first-order valence-electron chi connectivity index (χ1n) is 6.83. The highest BCUT2D eigenvalue weighted by molar-refractivity contribution is 5.80. The number of pyridine rings is 1. The second kappa shape index (κ2) is 4.72. The fourth-order valence-electron chi connectivity index (χ4n) is 2.83. The van der Waals surface area contributed by atoms with E-state index in [-0.39, 0.29) is 0 Å². The van der Waals surface area contributed by atoms with Gasteiger partial charge in [-0.1, -0.05) is 0 Å². The van der Waals surface area contributed by atoms with Crippen LogP contribution in [0, 0.1) is 0 Å². The standard InChI is InChI=1S/C14H15N5O/c1-2-10(9-20-7-1)11-3-5-15-14-12(11)8-17-19(14)13-4-6-16-18-13/h3-6,8,10H,1-2,7,9H2,(H,16,18). The molecule has 3 aromatic rings. The zero-order valence-corrected chi connectivity index (χ0v) is 11.0. The van der Waals surface area contributed by atoms with Gasteiger partial charge in [-0.05, 0) is 24.5 Å². The van der Waals surface area contributed by atoms with E-state index in [0.29, 0.717) is 5.92 Å². The predicted octanol–water partition coefficient (Wildman–Crippen LogP) is 2.04. The second-order valence-corrected chi connectivity index (χ2v) is 5.05. The molecule has 4 rings (SSSR count). The number of H-pyrrole nitrogens is 1. The van der Waals surface area contributed by atoms with Crippen molar-refractivity contribution in [3.05, 3.63) is 36.3 Å². The van der Waals surface area contributed by atoms with E-state index < -0.39 is 0 Å². The van der Waals surface area contributed by atoms with Crippen molar-refractivity contribution in [1.29, 1.82) is 0 Å². The third-order valence-corrected chi connectivity index (χ3v) is 3.82. The Hall–Kier alpha value is -2.21. The molecule has 0 aromatic carbocycles. The van der Waals surface area contributed by atoms with E-state index in [9.17, 15) is 0 Å². The topological polar surface area (TPSA) is 68.6 Å². The summed E-state index contributed by atoms with van der Waals surface area (Å²) in [5, 5.41) is 12.4. The highest BCUT2D eigenvalue weighted by Crippen LogP contribution is 2.30. The molecule has 1 atom stereocenters. The summed E-state index contributed by atoms with van der Waals surface area (Å²) in [6.45, 7) is 1.66. The van der Waals surface area contributed by atoms with Crippen LogP contribution in [0.5, 0.6) is 0 Å². The third-order valence-electron chi connectivity index (χ3n) is 3.82. The van der Waals surface area contributed by atoms with Gasteiger partial charge in [0.25, 0.3) is 0 Å². The van der Waals surface area contributed by atoms with Crippen molar-refractivity contribution in [2.75, 3.05) is 13.2 Å². The van der Waals surface area contributed by atoms with Crippen LogP contribution in [0.25, 0.3) is 16.9 Å². The lowest BCUT2D eigenvalue weighted by molar-refractivity contribution is 0.0808. The molecule has 0 aliphatic carbocycles. The molecule has 0 bridgehead atoms. The van der Waals surface area contributed by atoms with Crippen LogP contribution in [0.1, 0.15) is 24.3 Å². The van der Waals surface area contributed by atoms with Gasteiger partial charge in [0, 0.05) is 30.2 Å². The van der Waals surface area contributed by atoms with E-state index >= 15 is 0 Å². The number of hydrogen-bond acceptors (Lipinski definition) is 4. The van der Waals surface area contributed by atoms with Crippen LogP contribution >= 0.6 is 0 Å². The molecule has 6 heteroatoms. The molecular weight excluding hydrogens is 254 g/mol. The zero-order chi connectivity index (χ0) is 13.4. The number of hydrogen-bond donors (Lipinski definition) is 1. The second-order valence-electron chi connectivity index (χ2n) is 5.05. The minimum absolute atomic E-state index is 0.439. The Labute approximate surface area is 115 Å². The first-order chi connectivity index (χ1) is 9.93. The first kappa shape index (κ1) is 11.6. The van der Waals surface area contributed by atoms with E-state index in [1.165, 1.54) is 5.56 Å². The maximum absolute atomic E-state index is 5.60. The van der Waals surface area contributed by atoms with E-state index in [1.807, 2.05) is 18.5 Å². The molecule has 1 N–H and O–H groups in total. The molecule has 0 saturated carbocycles. The SMILES string of the molecule is c1cc(-n2ncc3c(C4CCCOC4)ccnc32)[nH]n1. The predicted molar refractivity (Wildman–Crippen MR) is 73.8 cm³/mol. The van der Waals surface area contributed by atoms with Gasteiger partial charge in [-0.15, -0.1) is 0 Å². The van der Waals surface area contributed by atoms with Gasteiger partial charge < -0.3 is 4.74 Å². The molecule has 20 heavy (non-hydrogen) atoms. The van der Waals surface area contributed by atoms with Gasteiger partial charge in [0.2, 0.25) is 0 Å². The molecule has 3 aromatic heterocycles. The molecule has 6 nitrogen and oxygen atoms in total. The summed E-state index contributed by atoms with van der Waals surface area (Å²) in [7, 11) is 0. The summed E-state index contributed by atoms with van der Waals surface area (Å²) >= 11 is 0. The largest absolute Gasteiger partial charge is 0.381 e. The van der Waals surface area contributed by atoms with Crippen molar-refractivity contribution in [2.45, 2.75) is 18.8 Å². The van der Waals surface area contributed by atoms with Crippen molar-refractivity contribution in [3.63, 3.8) is 0 Å². The van der Waals surface area contributed by atoms with Crippen LogP contribution in [0.15, 0.2) is 30.7 Å². The Morgan fingerprint density at radius 2 is 2.30 bits per heavy atom. The number of aromatic amines is 1. The van der Waals surface area contributed by atoms with Crippen molar-refractivity contribution in [2.24, 2.45) is 0 Å². The number of nitrogens with one attached hydrogen (secondary N) is 1. The number of ether oxygens (including phenoxy) is 1. The molecule has 0 radical (unpaired) electrons. The van der Waals surface area contributed by atoms with Crippen molar-refractivity contribution >= 4 is 11.0 Å². The van der Waals surface area contributed by atoms with Gasteiger partial charge in [-0.25, -0.2) is 4.98 Å². The Kier molecular flexibility index (Phi) is 2.74. The summed E-state index contributed by atoms with van der Waals surface area (Å²) in [5.74, 6) is 1.26. The highest BCUT2D eigenvalue weighted by Gasteiger charge is 2.20. The number of fused-ring (bicyclic) bond motifs is 1. The van der Waals surface area contributed by atoms with Crippen molar-refractivity contribution < 1.29 is 4.74 Å². The van der Waals surface area contributed by atoms with Gasteiger partial charge in [0.1, 0.15) is 0 Å². The quantitative estimate of drug-likeness (QED) is 0.773. The first-order valence-corrected chi connectivity index (χ1v) is 6.83. The van der Waals surface area contributed by atoms with E-state index in [0.717, 1.165) is 42.9 Å². The summed E-state index contributed by atoms with van der Waals surface area (Å²) in [4.78, 5) is 4.46. The fourth-order valence-corrected chi connectivity index (χ4v) is 2.83. The average Bonchev–Trinajstić information content (AvgIpc) is 3.16. The van der Waals surface area contributed by atoms with E-state index in [1.54, 1.807) is 10.9 Å². The number of nitrogens with zero attached hydrogens (tertiary/aromatic N) is 4. The fraction of sp³-hybridized carbons (Fsp3) is 0.357. The average molecular weight is 269 g/mol. The third kappa shape index (κ3) is 1.80. The van der Waals surface area contributed by atoms with Gasteiger partial charge in [0.05, 0.1) is 19.0 Å². The van der Waals surface area contributed by atoms with Gasteiger partial charge in [0.15, 0.2) is 11.5 Å². The monoisotopic (exact) mass is 269 g/mol. The van der Waals surface area contributed by atoms with E-state index in [2.05, 4.69) is 26.3 Å². The van der Waals surface area contributed by atoms with Gasteiger partial charge >= 0.3 is 0 Å². The molecule has 1 fully saturated rings. The Morgan fingerprint density at radius 3 is 3.10 bits per heavy atom. The molecule has 4 heterocycles. The highest BCUT2D eigenvalue weighted by atomic mass is 16.5. The summed E-state index contributed by atoms with van der Waals surface area (Å²) in [6.07, 6.45) is 7.72. The molecule has 1 aliphatic heterocycles. The maximum atomic E-state index is 5.60. The van der Waals surface area contributed by atoms with Crippen molar-refractivity contribution in [3.8, 4) is 5.82 Å². The normalized spacial score (nSPS) is 19.5. The lowest BCUT2D eigenvalue weighted by Gasteiger charge is -2.22. The zero-order valence-electron chi connectivity index (χ0n) is 11.0. The molecule has 102 valence electrons. The van der Waals surface area contributed by atoms with Crippen LogP contribution in [0.4, 0.5) is 0 Å². The van der Waals surface area contributed by atoms with Gasteiger partial charge in [-0.2, -0.15) is 14.9 Å².